The number of Topliss-reactive ketones (excluding diaryl/α,β-unsaturated/α-hetero) is 2. The lowest BCUT2D eigenvalue weighted by Gasteiger charge is -2.10. The van der Waals surface area contributed by atoms with Crippen molar-refractivity contribution in [2.45, 2.75) is 12.8 Å². The molecule has 0 aromatic carbocycles. The first-order chi connectivity index (χ1) is 5.77. The molecule has 2 fully saturated rings. The summed E-state index contributed by atoms with van der Waals surface area (Å²) in [4.78, 5) is 22.8. The SMILES string of the molecule is O=C1C[C@@H]2C=C[C@H]3CC(=O)C1C23. The van der Waals surface area contributed by atoms with Gasteiger partial charge in [-0.25, -0.2) is 0 Å². The van der Waals surface area contributed by atoms with Crippen molar-refractivity contribution in [3.05, 3.63) is 12.2 Å². The molecule has 2 atom stereocenters. The number of carbonyl (C=O) groups is 2. The fraction of sp³-hybridized carbons (Fsp3) is 0.600. The second-order valence-corrected chi connectivity index (χ2v) is 4.11. The highest BCUT2D eigenvalue weighted by molar-refractivity contribution is 6.06. The standard InChI is InChI=1S/C10H10O2/c11-7-3-5-1-2-6-4-8(12)10(7)9(5)6/h1-2,5-6,9-10H,3-4H2/t5-,6-,9?,10?/m0/s1. The lowest BCUT2D eigenvalue weighted by molar-refractivity contribution is -0.129. The fourth-order valence-corrected chi connectivity index (χ4v) is 3.09. The van der Waals surface area contributed by atoms with E-state index >= 15 is 0 Å². The zero-order valence-electron chi connectivity index (χ0n) is 6.69. The lowest BCUT2D eigenvalue weighted by atomic mass is 9.91. The van der Waals surface area contributed by atoms with Crippen molar-refractivity contribution in [3.8, 4) is 0 Å². The van der Waals surface area contributed by atoms with Gasteiger partial charge >= 0.3 is 0 Å². The molecule has 0 saturated heterocycles. The quantitative estimate of drug-likeness (QED) is 0.393. The molecule has 12 heavy (non-hydrogen) atoms. The number of hydrogen-bond donors (Lipinski definition) is 0. The van der Waals surface area contributed by atoms with Crippen molar-refractivity contribution in [1.29, 1.82) is 0 Å². The number of hydrogen-bond acceptors (Lipinski definition) is 2. The van der Waals surface area contributed by atoms with E-state index in [1.54, 1.807) is 0 Å². The van der Waals surface area contributed by atoms with E-state index in [4.69, 9.17) is 0 Å². The van der Waals surface area contributed by atoms with E-state index < -0.39 is 0 Å². The molecule has 0 N–H and O–H groups in total. The number of carbonyl (C=O) groups excluding carboxylic acids is 2. The topological polar surface area (TPSA) is 34.1 Å². The van der Waals surface area contributed by atoms with E-state index in [1.807, 2.05) is 0 Å². The van der Waals surface area contributed by atoms with Gasteiger partial charge in [-0.3, -0.25) is 9.59 Å². The number of allylic oxidation sites excluding steroid dienone is 2. The Morgan fingerprint density at radius 1 is 1.00 bits per heavy atom. The van der Waals surface area contributed by atoms with E-state index in [0.29, 0.717) is 30.6 Å². The van der Waals surface area contributed by atoms with Crippen LogP contribution in [0.25, 0.3) is 0 Å². The first-order valence-corrected chi connectivity index (χ1v) is 4.51. The first kappa shape index (κ1) is 6.58. The Balaban J connectivity index is 2.10. The summed E-state index contributed by atoms with van der Waals surface area (Å²) in [6.07, 6.45) is 5.52. The third-order valence-electron chi connectivity index (χ3n) is 3.55. The van der Waals surface area contributed by atoms with Crippen LogP contribution >= 0.6 is 0 Å². The molecule has 0 unspecified atom stereocenters. The largest absolute Gasteiger partial charge is 0.299 e. The molecule has 0 heterocycles. The molecule has 0 aromatic rings. The van der Waals surface area contributed by atoms with Gasteiger partial charge in [0.2, 0.25) is 0 Å². The highest BCUT2D eigenvalue weighted by atomic mass is 16.2. The Labute approximate surface area is 70.6 Å². The number of ketones is 2. The van der Waals surface area contributed by atoms with Crippen molar-refractivity contribution in [2.75, 3.05) is 0 Å². The third kappa shape index (κ3) is 0.576. The zero-order chi connectivity index (χ0) is 8.29. The van der Waals surface area contributed by atoms with Crippen LogP contribution in [0.15, 0.2) is 12.2 Å². The Bertz CT molecular complexity index is 275. The molecule has 3 aliphatic carbocycles. The van der Waals surface area contributed by atoms with Gasteiger partial charge in [-0.05, 0) is 17.8 Å². The summed E-state index contributed by atoms with van der Waals surface area (Å²) in [6.45, 7) is 0. The summed E-state index contributed by atoms with van der Waals surface area (Å²) in [5.41, 5.74) is 0. The van der Waals surface area contributed by atoms with Gasteiger partial charge in [-0.1, -0.05) is 12.2 Å². The van der Waals surface area contributed by atoms with E-state index in [0.717, 1.165) is 0 Å². The van der Waals surface area contributed by atoms with Crippen LogP contribution in [0.5, 0.6) is 0 Å². The molecule has 2 saturated carbocycles. The van der Waals surface area contributed by atoms with Crippen LogP contribution in [0.1, 0.15) is 12.8 Å². The van der Waals surface area contributed by atoms with Crippen LogP contribution in [-0.2, 0) is 9.59 Å². The molecule has 2 nitrogen and oxygen atoms in total. The molecule has 0 aliphatic heterocycles. The molecular formula is C10H10O2. The van der Waals surface area contributed by atoms with E-state index in [1.165, 1.54) is 0 Å². The Kier molecular flexibility index (Phi) is 1.03. The summed E-state index contributed by atoms with van der Waals surface area (Å²) < 4.78 is 0. The van der Waals surface area contributed by atoms with Crippen LogP contribution in [-0.4, -0.2) is 11.6 Å². The summed E-state index contributed by atoms with van der Waals surface area (Å²) in [6, 6.07) is 0. The van der Waals surface area contributed by atoms with Crippen molar-refractivity contribution < 1.29 is 9.59 Å². The third-order valence-corrected chi connectivity index (χ3v) is 3.55. The predicted octanol–water partition coefficient (Wildman–Crippen LogP) is 0.967. The van der Waals surface area contributed by atoms with Crippen molar-refractivity contribution in [2.24, 2.45) is 23.7 Å². The summed E-state index contributed by atoms with van der Waals surface area (Å²) in [7, 11) is 0. The lowest BCUT2D eigenvalue weighted by Crippen LogP contribution is -2.17. The minimum Gasteiger partial charge on any atom is -0.299 e. The highest BCUT2D eigenvalue weighted by Crippen LogP contribution is 2.51. The van der Waals surface area contributed by atoms with Gasteiger partial charge in [0, 0.05) is 12.8 Å². The molecule has 0 amide bonds. The summed E-state index contributed by atoms with van der Waals surface area (Å²) >= 11 is 0. The van der Waals surface area contributed by atoms with Gasteiger partial charge in [0.15, 0.2) is 0 Å². The van der Waals surface area contributed by atoms with Crippen molar-refractivity contribution >= 4 is 11.6 Å². The molecular weight excluding hydrogens is 152 g/mol. The van der Waals surface area contributed by atoms with Gasteiger partial charge < -0.3 is 0 Å². The molecule has 2 heteroatoms. The Morgan fingerprint density at radius 2 is 1.50 bits per heavy atom. The molecule has 62 valence electrons. The maximum Gasteiger partial charge on any atom is 0.144 e. The van der Waals surface area contributed by atoms with E-state index in [9.17, 15) is 9.59 Å². The summed E-state index contributed by atoms with van der Waals surface area (Å²) in [5, 5.41) is 0. The van der Waals surface area contributed by atoms with Crippen LogP contribution in [0.3, 0.4) is 0 Å². The van der Waals surface area contributed by atoms with Crippen LogP contribution < -0.4 is 0 Å². The minimum absolute atomic E-state index is 0.196. The van der Waals surface area contributed by atoms with Gasteiger partial charge in [-0.15, -0.1) is 0 Å². The summed E-state index contributed by atoms with van der Waals surface area (Å²) in [5.74, 6) is 1.35. The van der Waals surface area contributed by atoms with Gasteiger partial charge in [-0.2, -0.15) is 0 Å². The average molecular weight is 162 g/mol. The minimum atomic E-state index is -0.213. The van der Waals surface area contributed by atoms with E-state index in [-0.39, 0.29) is 17.5 Å². The molecule has 0 bridgehead atoms. The molecule has 0 radical (unpaired) electrons. The van der Waals surface area contributed by atoms with Gasteiger partial charge in [0.05, 0.1) is 5.92 Å². The van der Waals surface area contributed by atoms with Gasteiger partial charge in [0.1, 0.15) is 11.6 Å². The normalized spacial score (nSPS) is 49.0. The van der Waals surface area contributed by atoms with Crippen LogP contribution in [0, 0.1) is 23.7 Å². The van der Waals surface area contributed by atoms with Crippen LogP contribution in [0.2, 0.25) is 0 Å². The van der Waals surface area contributed by atoms with Crippen LogP contribution in [0.4, 0.5) is 0 Å². The molecule has 3 aliphatic rings. The maximum atomic E-state index is 11.4. The maximum absolute atomic E-state index is 11.4. The molecule has 0 spiro atoms. The first-order valence-electron chi connectivity index (χ1n) is 4.51. The Morgan fingerprint density at radius 3 is 2.00 bits per heavy atom. The second kappa shape index (κ2) is 1.87. The zero-order valence-corrected chi connectivity index (χ0v) is 6.69. The second-order valence-electron chi connectivity index (χ2n) is 4.11. The predicted molar refractivity (Wildman–Crippen MR) is 42.3 cm³/mol. The monoisotopic (exact) mass is 162 g/mol. The average Bonchev–Trinajstić information content (AvgIpc) is 2.57. The Hall–Kier alpha value is -0.920. The molecule has 0 aromatic heterocycles. The van der Waals surface area contributed by atoms with Crippen molar-refractivity contribution in [1.82, 2.24) is 0 Å². The van der Waals surface area contributed by atoms with Crippen molar-refractivity contribution in [3.63, 3.8) is 0 Å². The highest BCUT2D eigenvalue weighted by Gasteiger charge is 2.55. The fourth-order valence-electron chi connectivity index (χ4n) is 3.09. The van der Waals surface area contributed by atoms with E-state index in [2.05, 4.69) is 12.2 Å². The molecule has 3 rings (SSSR count). The smallest absolute Gasteiger partial charge is 0.144 e. The number of rotatable bonds is 0. The van der Waals surface area contributed by atoms with Gasteiger partial charge in [0.25, 0.3) is 0 Å².